The molecule has 0 radical (unpaired) electrons. The number of hydrogen-bond donors (Lipinski definition) is 2. The van der Waals surface area contributed by atoms with E-state index in [0.717, 1.165) is 56.8 Å². The molecule has 7 heteroatoms. The maximum absolute atomic E-state index is 11.5. The van der Waals surface area contributed by atoms with Crippen LogP contribution < -0.4 is 5.73 Å². The fourth-order valence-corrected chi connectivity index (χ4v) is 4.64. The lowest BCUT2D eigenvalue weighted by Gasteiger charge is -2.39. The van der Waals surface area contributed by atoms with Gasteiger partial charge >= 0.3 is 5.97 Å². The van der Waals surface area contributed by atoms with E-state index in [1.54, 1.807) is 6.07 Å². The smallest absolute Gasteiger partial charge is 0.320 e. The molecule has 2 saturated heterocycles. The Labute approximate surface area is 160 Å². The molecular formula is C20H31N3O4. The van der Waals surface area contributed by atoms with Crippen molar-refractivity contribution < 1.29 is 19.1 Å². The number of nitrogens with zero attached hydrogens (tertiary/aromatic N) is 2. The number of carboxylic acids is 1. The Bertz CT molecular complexity index is 726. The summed E-state index contributed by atoms with van der Waals surface area (Å²) in [6, 6.07) is 1.41. The molecule has 0 saturated carbocycles. The molecule has 1 spiro atoms. The summed E-state index contributed by atoms with van der Waals surface area (Å²) in [5, 5.41) is 9.40. The Kier molecular flexibility index (Phi) is 5.12. The molecule has 27 heavy (non-hydrogen) atoms. The third kappa shape index (κ3) is 4.04. The van der Waals surface area contributed by atoms with Crippen molar-refractivity contribution in [2.75, 3.05) is 26.7 Å². The van der Waals surface area contributed by atoms with Crippen molar-refractivity contribution in [2.45, 2.75) is 58.0 Å². The van der Waals surface area contributed by atoms with E-state index >= 15 is 0 Å². The zero-order valence-corrected chi connectivity index (χ0v) is 16.7. The first-order chi connectivity index (χ1) is 12.5. The van der Waals surface area contributed by atoms with Gasteiger partial charge in [-0.05, 0) is 50.9 Å². The van der Waals surface area contributed by atoms with E-state index in [0.29, 0.717) is 0 Å². The lowest BCUT2D eigenvalue weighted by molar-refractivity contribution is -0.141. The van der Waals surface area contributed by atoms with Gasteiger partial charge < -0.3 is 15.3 Å². The number of primary amides is 1. The Balaban J connectivity index is 1.68. The maximum atomic E-state index is 11.5. The predicted octanol–water partition coefficient (Wildman–Crippen LogP) is 2.05. The zero-order chi connectivity index (χ0) is 20.0. The average Bonchev–Trinajstić information content (AvgIpc) is 3.12. The van der Waals surface area contributed by atoms with Gasteiger partial charge in [0.1, 0.15) is 11.8 Å². The Morgan fingerprint density at radius 1 is 1.33 bits per heavy atom. The first kappa shape index (κ1) is 19.9. The highest BCUT2D eigenvalue weighted by Crippen LogP contribution is 2.43. The highest BCUT2D eigenvalue weighted by molar-refractivity contribution is 5.90. The van der Waals surface area contributed by atoms with Crippen LogP contribution in [0.4, 0.5) is 0 Å². The molecule has 0 aromatic carbocycles. The molecule has 150 valence electrons. The first-order valence-electron chi connectivity index (χ1n) is 9.59. The summed E-state index contributed by atoms with van der Waals surface area (Å²) >= 11 is 0. The number of carbonyl (C=O) groups is 2. The molecule has 1 amide bonds. The number of furan rings is 1. The number of hydrogen-bond acceptors (Lipinski definition) is 5. The lowest BCUT2D eigenvalue weighted by atomic mass is 9.76. The summed E-state index contributed by atoms with van der Waals surface area (Å²) in [7, 11) is 1.91. The van der Waals surface area contributed by atoms with Crippen molar-refractivity contribution >= 4 is 11.9 Å². The highest BCUT2D eigenvalue weighted by atomic mass is 16.4. The van der Waals surface area contributed by atoms with Gasteiger partial charge in [0, 0.05) is 24.1 Å². The van der Waals surface area contributed by atoms with E-state index in [-0.39, 0.29) is 22.6 Å². The summed E-state index contributed by atoms with van der Waals surface area (Å²) in [4.78, 5) is 27.3. The molecule has 1 aromatic heterocycles. The first-order valence-corrected chi connectivity index (χ1v) is 9.59. The maximum Gasteiger partial charge on any atom is 0.320 e. The number of aliphatic carboxylic acids is 1. The quantitative estimate of drug-likeness (QED) is 0.833. The van der Waals surface area contributed by atoms with Gasteiger partial charge in [-0.15, -0.1) is 0 Å². The number of amides is 1. The minimum Gasteiger partial charge on any atom is -0.480 e. The molecule has 0 bridgehead atoms. The second-order valence-corrected chi connectivity index (χ2v) is 9.33. The van der Waals surface area contributed by atoms with Crippen molar-refractivity contribution in [3.05, 3.63) is 23.2 Å². The van der Waals surface area contributed by atoms with E-state index in [1.165, 1.54) is 0 Å². The van der Waals surface area contributed by atoms with Crippen LogP contribution in [0.5, 0.6) is 0 Å². The standard InChI is InChI=1S/C20H31N3O4/c1-19(2,3)16-13(9-15(27-16)17(21)24)11-23-7-5-20(6-8-23)10-14(18(25)26)22(4)12-20/h9,14H,5-8,10-12H2,1-4H3,(H2,21,24)(H,25,26)/t14-/m0/s1. The van der Waals surface area contributed by atoms with E-state index in [9.17, 15) is 14.7 Å². The van der Waals surface area contributed by atoms with Crippen molar-refractivity contribution in [3.63, 3.8) is 0 Å². The van der Waals surface area contributed by atoms with Crippen LogP contribution in [-0.2, 0) is 16.8 Å². The van der Waals surface area contributed by atoms with Crippen molar-refractivity contribution in [2.24, 2.45) is 11.1 Å². The highest BCUT2D eigenvalue weighted by Gasteiger charge is 2.46. The predicted molar refractivity (Wildman–Crippen MR) is 102 cm³/mol. The summed E-state index contributed by atoms with van der Waals surface area (Å²) in [5.41, 5.74) is 6.32. The van der Waals surface area contributed by atoms with Crippen LogP contribution in [0.3, 0.4) is 0 Å². The topological polar surface area (TPSA) is 100 Å². The number of carboxylic acid groups (broad SMARTS) is 1. The number of rotatable bonds is 4. The van der Waals surface area contributed by atoms with E-state index in [1.807, 2.05) is 11.9 Å². The summed E-state index contributed by atoms with van der Waals surface area (Å²) in [5.74, 6) is -0.240. The third-order valence-corrected chi connectivity index (χ3v) is 6.07. The third-order valence-electron chi connectivity index (χ3n) is 6.07. The van der Waals surface area contributed by atoms with Gasteiger partial charge in [-0.2, -0.15) is 0 Å². The molecule has 2 fully saturated rings. The number of nitrogens with two attached hydrogens (primary N) is 1. The van der Waals surface area contributed by atoms with E-state index in [4.69, 9.17) is 10.2 Å². The van der Waals surface area contributed by atoms with Crippen molar-refractivity contribution in [3.8, 4) is 0 Å². The minimum atomic E-state index is -0.719. The van der Waals surface area contributed by atoms with Crippen LogP contribution in [0.25, 0.3) is 0 Å². The molecule has 1 aromatic rings. The fraction of sp³-hybridized carbons (Fsp3) is 0.700. The SMILES string of the molecule is CN1CC2(CCN(Cc3cc(C(N)=O)oc3C(C)(C)C)CC2)C[C@H]1C(=O)O. The molecule has 1 atom stereocenters. The second kappa shape index (κ2) is 6.95. The fourth-order valence-electron chi connectivity index (χ4n) is 4.64. The molecule has 3 rings (SSSR count). The normalized spacial score (nSPS) is 23.8. The minimum absolute atomic E-state index is 0.107. The molecular weight excluding hydrogens is 346 g/mol. The van der Waals surface area contributed by atoms with Crippen LogP contribution >= 0.6 is 0 Å². The van der Waals surface area contributed by atoms with Crippen LogP contribution in [0.15, 0.2) is 10.5 Å². The van der Waals surface area contributed by atoms with Gasteiger partial charge in [0.2, 0.25) is 0 Å². The van der Waals surface area contributed by atoms with Crippen LogP contribution in [0.2, 0.25) is 0 Å². The van der Waals surface area contributed by atoms with Crippen LogP contribution in [0, 0.1) is 5.41 Å². The van der Waals surface area contributed by atoms with Crippen LogP contribution in [-0.4, -0.2) is 59.5 Å². The monoisotopic (exact) mass is 377 g/mol. The van der Waals surface area contributed by atoms with Crippen molar-refractivity contribution in [1.82, 2.24) is 9.80 Å². The summed E-state index contributed by atoms with van der Waals surface area (Å²) in [6.45, 7) is 9.59. The lowest BCUT2D eigenvalue weighted by Crippen LogP contribution is -2.41. The largest absolute Gasteiger partial charge is 0.480 e. The van der Waals surface area contributed by atoms with E-state index in [2.05, 4.69) is 25.7 Å². The second-order valence-electron chi connectivity index (χ2n) is 9.33. The molecule has 2 aliphatic heterocycles. The van der Waals surface area contributed by atoms with Gasteiger partial charge in [0.25, 0.3) is 5.91 Å². The number of carbonyl (C=O) groups excluding carboxylic acids is 1. The Morgan fingerprint density at radius 2 is 1.96 bits per heavy atom. The Hall–Kier alpha value is -1.86. The van der Waals surface area contributed by atoms with Gasteiger partial charge in [-0.1, -0.05) is 20.8 Å². The Morgan fingerprint density at radius 3 is 2.44 bits per heavy atom. The van der Waals surface area contributed by atoms with Gasteiger partial charge in [0.05, 0.1) is 0 Å². The number of piperidine rings is 1. The zero-order valence-electron chi connectivity index (χ0n) is 16.7. The number of likely N-dealkylation sites (tertiary alicyclic amines) is 2. The number of likely N-dealkylation sites (N-methyl/N-ethyl adjacent to an activating group) is 1. The molecule has 3 heterocycles. The molecule has 0 unspecified atom stereocenters. The molecule has 7 nitrogen and oxygen atoms in total. The summed E-state index contributed by atoms with van der Waals surface area (Å²) in [6.07, 6.45) is 2.72. The van der Waals surface area contributed by atoms with Crippen molar-refractivity contribution in [1.29, 1.82) is 0 Å². The molecule has 3 N–H and O–H groups in total. The van der Waals surface area contributed by atoms with E-state index < -0.39 is 11.9 Å². The summed E-state index contributed by atoms with van der Waals surface area (Å²) < 4.78 is 5.76. The molecule has 2 aliphatic rings. The molecule has 0 aliphatic carbocycles. The van der Waals surface area contributed by atoms with Gasteiger partial charge in [0.15, 0.2) is 5.76 Å². The van der Waals surface area contributed by atoms with Gasteiger partial charge in [-0.25, -0.2) is 0 Å². The average molecular weight is 377 g/mol. The van der Waals surface area contributed by atoms with Gasteiger partial charge in [-0.3, -0.25) is 19.4 Å². The van der Waals surface area contributed by atoms with Crippen LogP contribution in [0.1, 0.15) is 61.9 Å².